The summed E-state index contributed by atoms with van der Waals surface area (Å²) in [6.45, 7) is 7.70. The molecule has 0 saturated carbocycles. The zero-order valence-corrected chi connectivity index (χ0v) is 13.7. The lowest BCUT2D eigenvalue weighted by molar-refractivity contribution is -0.0924. The van der Waals surface area contributed by atoms with Gasteiger partial charge >= 0.3 is 0 Å². The fraction of sp³-hybridized carbons (Fsp3) is 0.667. The topological polar surface area (TPSA) is 15.7 Å². The van der Waals surface area contributed by atoms with Crippen LogP contribution in [0.3, 0.4) is 0 Å². The van der Waals surface area contributed by atoms with Crippen LogP contribution in [0.25, 0.3) is 0 Å². The van der Waals surface area contributed by atoms with E-state index in [0.717, 1.165) is 45.0 Å². The highest BCUT2D eigenvalue weighted by molar-refractivity contribution is 5.18. The van der Waals surface area contributed by atoms with Gasteiger partial charge in [0.15, 0.2) is 0 Å². The van der Waals surface area contributed by atoms with Crippen LogP contribution in [-0.4, -0.2) is 55.2 Å². The van der Waals surface area contributed by atoms with E-state index in [0.29, 0.717) is 5.92 Å². The minimum Gasteiger partial charge on any atom is -0.381 e. The molecule has 0 aromatic heterocycles. The van der Waals surface area contributed by atoms with Gasteiger partial charge in [0.1, 0.15) is 5.82 Å². The second kappa shape index (κ2) is 6.65. The number of hydrogen-bond acceptors (Lipinski definition) is 3. The number of hydrogen-bond donors (Lipinski definition) is 0. The van der Waals surface area contributed by atoms with Crippen LogP contribution >= 0.6 is 0 Å². The van der Waals surface area contributed by atoms with Crippen LogP contribution in [0.4, 0.5) is 4.39 Å². The minimum atomic E-state index is -0.0883. The van der Waals surface area contributed by atoms with Crippen molar-refractivity contribution in [2.24, 2.45) is 5.92 Å². The number of piperidine rings is 1. The van der Waals surface area contributed by atoms with Gasteiger partial charge in [-0.2, -0.15) is 0 Å². The number of ether oxygens (including phenoxy) is 1. The van der Waals surface area contributed by atoms with Gasteiger partial charge < -0.3 is 4.74 Å². The van der Waals surface area contributed by atoms with Crippen LogP contribution < -0.4 is 0 Å². The largest absolute Gasteiger partial charge is 0.381 e. The summed E-state index contributed by atoms with van der Waals surface area (Å²) in [5, 5.41) is 0. The molecule has 0 amide bonds. The van der Waals surface area contributed by atoms with Crippen molar-refractivity contribution in [2.45, 2.75) is 31.8 Å². The van der Waals surface area contributed by atoms with Crippen molar-refractivity contribution in [2.75, 3.05) is 39.9 Å². The summed E-state index contributed by atoms with van der Waals surface area (Å²) in [5.41, 5.74) is 1.09. The third-order valence-electron chi connectivity index (χ3n) is 5.30. The summed E-state index contributed by atoms with van der Waals surface area (Å²) in [6.07, 6.45) is 2.43. The Morgan fingerprint density at radius 1 is 1.32 bits per heavy atom. The van der Waals surface area contributed by atoms with E-state index in [1.54, 1.807) is 12.1 Å². The van der Waals surface area contributed by atoms with Gasteiger partial charge in [0, 0.05) is 44.0 Å². The summed E-state index contributed by atoms with van der Waals surface area (Å²) < 4.78 is 19.4. The van der Waals surface area contributed by atoms with Crippen molar-refractivity contribution >= 4 is 0 Å². The lowest BCUT2D eigenvalue weighted by atomic mass is 9.75. The first-order valence-corrected chi connectivity index (χ1v) is 8.38. The van der Waals surface area contributed by atoms with Crippen molar-refractivity contribution in [1.82, 2.24) is 9.80 Å². The van der Waals surface area contributed by atoms with E-state index in [1.165, 1.54) is 12.8 Å². The summed E-state index contributed by atoms with van der Waals surface area (Å²) >= 11 is 0. The molecule has 1 aromatic rings. The Morgan fingerprint density at radius 3 is 2.82 bits per heavy atom. The van der Waals surface area contributed by atoms with E-state index < -0.39 is 0 Å². The molecule has 0 radical (unpaired) electrons. The van der Waals surface area contributed by atoms with Gasteiger partial charge in [0.05, 0.1) is 0 Å². The Kier molecular flexibility index (Phi) is 4.81. The highest BCUT2D eigenvalue weighted by Crippen LogP contribution is 2.39. The lowest BCUT2D eigenvalue weighted by Gasteiger charge is -2.58. The molecule has 2 heterocycles. The summed E-state index contributed by atoms with van der Waals surface area (Å²) in [4.78, 5) is 4.87. The molecular formula is C18H27FN2O. The fourth-order valence-electron chi connectivity index (χ4n) is 3.97. The lowest BCUT2D eigenvalue weighted by Crippen LogP contribution is -2.71. The molecule has 2 saturated heterocycles. The predicted octanol–water partition coefficient (Wildman–Crippen LogP) is 2.76. The molecular weight excluding hydrogens is 279 g/mol. The molecule has 1 spiro atoms. The zero-order chi connectivity index (χ0) is 15.6. The minimum absolute atomic E-state index is 0.0883. The van der Waals surface area contributed by atoms with Gasteiger partial charge in [-0.25, -0.2) is 4.39 Å². The molecule has 0 bridgehead atoms. The number of benzene rings is 1. The van der Waals surface area contributed by atoms with E-state index in [2.05, 4.69) is 23.8 Å². The molecule has 22 heavy (non-hydrogen) atoms. The van der Waals surface area contributed by atoms with Gasteiger partial charge in [0.2, 0.25) is 0 Å². The Hall–Kier alpha value is -0.970. The highest BCUT2D eigenvalue weighted by atomic mass is 19.1. The maximum atomic E-state index is 13.8. The highest BCUT2D eigenvalue weighted by Gasteiger charge is 2.49. The van der Waals surface area contributed by atoms with Crippen molar-refractivity contribution < 1.29 is 9.13 Å². The smallest absolute Gasteiger partial charge is 0.127 e. The number of nitrogens with zero attached hydrogens (tertiary/aromatic N) is 2. The Labute approximate surface area is 133 Å². The third kappa shape index (κ3) is 3.19. The van der Waals surface area contributed by atoms with Crippen molar-refractivity contribution in [3.63, 3.8) is 0 Å². The van der Waals surface area contributed by atoms with E-state index in [1.807, 2.05) is 12.1 Å². The van der Waals surface area contributed by atoms with Crippen LogP contribution in [0.1, 0.15) is 25.3 Å². The van der Waals surface area contributed by atoms with Gasteiger partial charge in [-0.3, -0.25) is 9.80 Å². The maximum absolute atomic E-state index is 13.8. The van der Waals surface area contributed by atoms with Crippen LogP contribution in [0.15, 0.2) is 24.3 Å². The second-order valence-corrected chi connectivity index (χ2v) is 6.90. The van der Waals surface area contributed by atoms with Gasteiger partial charge in [-0.1, -0.05) is 18.2 Å². The SMILES string of the molecule is CCOCC1CCN(C)C2(C1)CN(Cc1ccccc1F)C2. The van der Waals surface area contributed by atoms with Crippen LogP contribution in [0, 0.1) is 11.7 Å². The van der Waals surface area contributed by atoms with E-state index in [4.69, 9.17) is 4.74 Å². The average Bonchev–Trinajstić information content (AvgIpc) is 2.48. The molecule has 2 aliphatic heterocycles. The number of likely N-dealkylation sites (N-methyl/N-ethyl adjacent to an activating group) is 1. The first-order chi connectivity index (χ1) is 10.6. The van der Waals surface area contributed by atoms with E-state index in [-0.39, 0.29) is 11.4 Å². The van der Waals surface area contributed by atoms with Crippen LogP contribution in [-0.2, 0) is 11.3 Å². The summed E-state index contributed by atoms with van der Waals surface area (Å²) in [7, 11) is 2.23. The van der Waals surface area contributed by atoms with Gasteiger partial charge in [-0.15, -0.1) is 0 Å². The third-order valence-corrected chi connectivity index (χ3v) is 5.30. The molecule has 3 rings (SSSR count). The first-order valence-electron chi connectivity index (χ1n) is 8.38. The van der Waals surface area contributed by atoms with Gasteiger partial charge in [-0.05, 0) is 45.3 Å². The second-order valence-electron chi connectivity index (χ2n) is 6.90. The van der Waals surface area contributed by atoms with E-state index in [9.17, 15) is 4.39 Å². The quantitative estimate of drug-likeness (QED) is 0.832. The van der Waals surface area contributed by atoms with E-state index >= 15 is 0 Å². The molecule has 4 heteroatoms. The Balaban J connectivity index is 1.56. The molecule has 1 atom stereocenters. The van der Waals surface area contributed by atoms with Crippen molar-refractivity contribution in [1.29, 1.82) is 0 Å². The average molecular weight is 306 g/mol. The molecule has 1 aromatic carbocycles. The summed E-state index contributed by atoms with van der Waals surface area (Å²) in [6, 6.07) is 7.11. The Bertz CT molecular complexity index is 500. The maximum Gasteiger partial charge on any atom is 0.127 e. The number of halogens is 1. The molecule has 0 aliphatic carbocycles. The Morgan fingerprint density at radius 2 is 2.09 bits per heavy atom. The molecule has 3 nitrogen and oxygen atoms in total. The number of rotatable bonds is 5. The molecule has 0 N–H and O–H groups in total. The molecule has 2 fully saturated rings. The van der Waals surface area contributed by atoms with Crippen LogP contribution in [0.5, 0.6) is 0 Å². The standard InChI is InChI=1S/C18H27FN2O/c1-3-22-12-15-8-9-20(2)18(10-15)13-21(14-18)11-16-6-4-5-7-17(16)19/h4-7,15H,3,8-14H2,1-2H3. The van der Waals surface area contributed by atoms with Crippen molar-refractivity contribution in [3.05, 3.63) is 35.6 Å². The monoisotopic (exact) mass is 306 g/mol. The first kappa shape index (κ1) is 15.9. The van der Waals surface area contributed by atoms with Gasteiger partial charge in [0.25, 0.3) is 0 Å². The fourth-order valence-corrected chi connectivity index (χ4v) is 3.97. The van der Waals surface area contributed by atoms with Crippen molar-refractivity contribution in [3.8, 4) is 0 Å². The molecule has 122 valence electrons. The van der Waals surface area contributed by atoms with Crippen LogP contribution in [0.2, 0.25) is 0 Å². The predicted molar refractivity (Wildman–Crippen MR) is 86.3 cm³/mol. The molecule has 2 aliphatic rings. The summed E-state index contributed by atoms with van der Waals surface area (Å²) in [5.74, 6) is 0.585. The normalized spacial score (nSPS) is 25.3. The molecule has 1 unspecified atom stereocenters. The number of likely N-dealkylation sites (tertiary alicyclic amines) is 2. The zero-order valence-electron chi connectivity index (χ0n) is 13.7.